The van der Waals surface area contributed by atoms with Crippen LogP contribution in [0.5, 0.6) is 0 Å². The van der Waals surface area contributed by atoms with E-state index in [2.05, 4.69) is 24.8 Å². The summed E-state index contributed by atoms with van der Waals surface area (Å²) >= 11 is 0. The van der Waals surface area contributed by atoms with Crippen molar-refractivity contribution in [1.29, 1.82) is 0 Å². The third-order valence-corrected chi connectivity index (χ3v) is 4.87. The Hall–Kier alpha value is -1.29. The number of piperidine rings is 1. The molecule has 0 radical (unpaired) electrons. The molecule has 4 nitrogen and oxygen atoms in total. The summed E-state index contributed by atoms with van der Waals surface area (Å²) in [6.45, 7) is 9.76. The van der Waals surface area contributed by atoms with Crippen molar-refractivity contribution in [2.75, 3.05) is 13.1 Å². The SMILES string of the molecule is CCCC1(C(=O)O)CCCN(C(C)c2cc(C)oc2C)C1. The van der Waals surface area contributed by atoms with Crippen LogP contribution in [0.1, 0.15) is 62.7 Å². The minimum atomic E-state index is -0.638. The summed E-state index contributed by atoms with van der Waals surface area (Å²) in [7, 11) is 0. The largest absolute Gasteiger partial charge is 0.481 e. The van der Waals surface area contributed by atoms with E-state index in [1.165, 1.54) is 5.56 Å². The zero-order valence-electron chi connectivity index (χ0n) is 13.6. The van der Waals surface area contributed by atoms with Crippen LogP contribution in [0.4, 0.5) is 0 Å². The first-order valence-electron chi connectivity index (χ1n) is 7.94. The number of nitrogens with zero attached hydrogens (tertiary/aromatic N) is 1. The van der Waals surface area contributed by atoms with E-state index < -0.39 is 11.4 Å². The van der Waals surface area contributed by atoms with Gasteiger partial charge in [0.1, 0.15) is 11.5 Å². The molecule has 0 bridgehead atoms. The first-order chi connectivity index (χ1) is 9.89. The Morgan fingerprint density at radius 1 is 1.52 bits per heavy atom. The van der Waals surface area contributed by atoms with Crippen molar-refractivity contribution in [2.24, 2.45) is 5.41 Å². The number of furan rings is 1. The smallest absolute Gasteiger partial charge is 0.310 e. The highest BCUT2D eigenvalue weighted by molar-refractivity contribution is 5.75. The van der Waals surface area contributed by atoms with Crippen molar-refractivity contribution in [3.63, 3.8) is 0 Å². The summed E-state index contributed by atoms with van der Waals surface area (Å²) < 4.78 is 5.63. The molecular formula is C17H27NO3. The maximum Gasteiger partial charge on any atom is 0.310 e. The molecule has 4 heteroatoms. The molecular weight excluding hydrogens is 266 g/mol. The van der Waals surface area contributed by atoms with Crippen molar-refractivity contribution in [3.05, 3.63) is 23.2 Å². The minimum absolute atomic E-state index is 0.207. The average Bonchev–Trinajstić information content (AvgIpc) is 2.77. The molecule has 0 spiro atoms. The van der Waals surface area contributed by atoms with Crippen LogP contribution in [0, 0.1) is 19.3 Å². The van der Waals surface area contributed by atoms with Gasteiger partial charge in [0.25, 0.3) is 0 Å². The van der Waals surface area contributed by atoms with Crippen molar-refractivity contribution in [3.8, 4) is 0 Å². The number of likely N-dealkylation sites (tertiary alicyclic amines) is 1. The number of carboxylic acids is 1. The van der Waals surface area contributed by atoms with Gasteiger partial charge in [0, 0.05) is 18.2 Å². The standard InChI is InChI=1S/C17H27NO3/c1-5-7-17(16(19)20)8-6-9-18(11-17)13(3)15-10-12(2)21-14(15)4/h10,13H,5-9,11H2,1-4H3,(H,19,20). The van der Waals surface area contributed by atoms with Gasteiger partial charge in [0.2, 0.25) is 0 Å². The van der Waals surface area contributed by atoms with Gasteiger partial charge in [-0.05, 0) is 52.6 Å². The molecule has 0 saturated carbocycles. The van der Waals surface area contributed by atoms with E-state index in [0.29, 0.717) is 6.54 Å². The van der Waals surface area contributed by atoms with E-state index in [1.807, 2.05) is 13.8 Å². The Labute approximate surface area is 127 Å². The van der Waals surface area contributed by atoms with Gasteiger partial charge in [-0.1, -0.05) is 13.3 Å². The highest BCUT2D eigenvalue weighted by Gasteiger charge is 2.42. The second-order valence-electron chi connectivity index (χ2n) is 6.45. The monoisotopic (exact) mass is 293 g/mol. The second-order valence-corrected chi connectivity index (χ2v) is 6.45. The van der Waals surface area contributed by atoms with Crippen LogP contribution in [0.2, 0.25) is 0 Å². The molecule has 0 aromatic carbocycles. The number of hydrogen-bond donors (Lipinski definition) is 1. The molecule has 1 aliphatic rings. The van der Waals surface area contributed by atoms with Crippen LogP contribution in [-0.4, -0.2) is 29.1 Å². The summed E-state index contributed by atoms with van der Waals surface area (Å²) in [5, 5.41) is 9.70. The minimum Gasteiger partial charge on any atom is -0.481 e. The highest BCUT2D eigenvalue weighted by atomic mass is 16.4. The summed E-state index contributed by atoms with van der Waals surface area (Å²) in [4.78, 5) is 14.1. The number of carbonyl (C=O) groups is 1. The van der Waals surface area contributed by atoms with E-state index in [-0.39, 0.29) is 6.04 Å². The molecule has 0 amide bonds. The topological polar surface area (TPSA) is 53.7 Å². The molecule has 21 heavy (non-hydrogen) atoms. The number of hydrogen-bond acceptors (Lipinski definition) is 3. The van der Waals surface area contributed by atoms with Gasteiger partial charge in [-0.3, -0.25) is 9.69 Å². The van der Waals surface area contributed by atoms with E-state index >= 15 is 0 Å². The predicted octanol–water partition coefficient (Wildman–Crippen LogP) is 3.92. The predicted molar refractivity (Wildman–Crippen MR) is 82.4 cm³/mol. The molecule has 2 heterocycles. The third-order valence-electron chi connectivity index (χ3n) is 4.87. The number of carboxylic acid groups (broad SMARTS) is 1. The Balaban J connectivity index is 2.20. The summed E-state index contributed by atoms with van der Waals surface area (Å²) in [5.74, 6) is 1.23. The summed E-state index contributed by atoms with van der Waals surface area (Å²) in [6, 6.07) is 2.29. The van der Waals surface area contributed by atoms with Crippen LogP contribution in [0.15, 0.2) is 10.5 Å². The molecule has 118 valence electrons. The molecule has 1 aromatic heterocycles. The number of aliphatic carboxylic acids is 1. The molecule has 1 aromatic rings. The van der Waals surface area contributed by atoms with Gasteiger partial charge in [-0.15, -0.1) is 0 Å². The van der Waals surface area contributed by atoms with Crippen molar-refractivity contribution >= 4 is 5.97 Å². The van der Waals surface area contributed by atoms with Gasteiger partial charge >= 0.3 is 5.97 Å². The lowest BCUT2D eigenvalue weighted by atomic mass is 9.76. The quantitative estimate of drug-likeness (QED) is 0.894. The first kappa shape index (κ1) is 16.1. The van der Waals surface area contributed by atoms with E-state index in [1.54, 1.807) is 0 Å². The van der Waals surface area contributed by atoms with Crippen molar-refractivity contribution < 1.29 is 14.3 Å². The van der Waals surface area contributed by atoms with Crippen molar-refractivity contribution in [1.82, 2.24) is 4.90 Å². The fraction of sp³-hybridized carbons (Fsp3) is 0.706. The van der Waals surface area contributed by atoms with Gasteiger partial charge in [-0.25, -0.2) is 0 Å². The molecule has 1 saturated heterocycles. The highest BCUT2D eigenvalue weighted by Crippen LogP contribution is 2.39. The molecule has 1 fully saturated rings. The molecule has 2 rings (SSSR count). The van der Waals surface area contributed by atoms with E-state index in [9.17, 15) is 9.90 Å². The molecule has 0 aliphatic carbocycles. The van der Waals surface area contributed by atoms with Crippen LogP contribution in [-0.2, 0) is 4.79 Å². The molecule has 1 aliphatic heterocycles. The van der Waals surface area contributed by atoms with Crippen LogP contribution < -0.4 is 0 Å². The van der Waals surface area contributed by atoms with Crippen LogP contribution >= 0.6 is 0 Å². The van der Waals surface area contributed by atoms with Gasteiger partial charge in [0.05, 0.1) is 5.41 Å². The first-order valence-corrected chi connectivity index (χ1v) is 7.94. The zero-order chi connectivity index (χ0) is 15.6. The Kier molecular flexibility index (Phi) is 4.77. The lowest BCUT2D eigenvalue weighted by molar-refractivity contribution is -0.154. The van der Waals surface area contributed by atoms with Gasteiger partial charge in [-0.2, -0.15) is 0 Å². The third kappa shape index (κ3) is 3.15. The fourth-order valence-electron chi connectivity index (χ4n) is 3.72. The lowest BCUT2D eigenvalue weighted by Crippen LogP contribution is -2.48. The maximum atomic E-state index is 11.8. The van der Waals surface area contributed by atoms with Gasteiger partial charge in [0.15, 0.2) is 0 Å². The van der Waals surface area contributed by atoms with Crippen molar-refractivity contribution in [2.45, 2.75) is 59.4 Å². The van der Waals surface area contributed by atoms with Crippen LogP contribution in [0.25, 0.3) is 0 Å². The van der Waals surface area contributed by atoms with E-state index in [0.717, 1.165) is 43.7 Å². The maximum absolute atomic E-state index is 11.8. The van der Waals surface area contributed by atoms with E-state index in [4.69, 9.17) is 4.42 Å². The Morgan fingerprint density at radius 3 is 2.76 bits per heavy atom. The normalized spacial score (nSPS) is 25.0. The molecule has 1 N–H and O–H groups in total. The summed E-state index contributed by atoms with van der Waals surface area (Å²) in [6.07, 6.45) is 3.42. The molecule has 2 atom stereocenters. The summed E-state index contributed by atoms with van der Waals surface area (Å²) in [5.41, 5.74) is 0.610. The average molecular weight is 293 g/mol. The fourth-order valence-corrected chi connectivity index (χ4v) is 3.72. The van der Waals surface area contributed by atoms with Gasteiger partial charge < -0.3 is 9.52 Å². The Morgan fingerprint density at radius 2 is 2.24 bits per heavy atom. The number of rotatable bonds is 5. The lowest BCUT2D eigenvalue weighted by Gasteiger charge is -2.42. The Bertz CT molecular complexity index is 504. The zero-order valence-corrected chi connectivity index (χ0v) is 13.6. The number of aryl methyl sites for hydroxylation is 2. The van der Waals surface area contributed by atoms with Crippen LogP contribution in [0.3, 0.4) is 0 Å². The second kappa shape index (κ2) is 6.22. The molecule has 2 unspecified atom stereocenters.